The lowest BCUT2D eigenvalue weighted by molar-refractivity contribution is -0.115. The van der Waals surface area contributed by atoms with Crippen LogP contribution < -0.4 is 10.6 Å². The molecule has 2 aliphatic heterocycles. The minimum atomic E-state index is -0.110. The number of fused-ring (bicyclic) bond motifs is 1. The summed E-state index contributed by atoms with van der Waals surface area (Å²) in [6.07, 6.45) is 0.498. The Morgan fingerprint density at radius 1 is 1.42 bits per heavy atom. The van der Waals surface area contributed by atoms with Crippen molar-refractivity contribution in [2.75, 3.05) is 43.9 Å². The molecule has 0 saturated carbocycles. The van der Waals surface area contributed by atoms with Crippen molar-refractivity contribution in [3.05, 3.63) is 23.8 Å². The fraction of sp³-hybridized carbons (Fsp3) is 0.529. The fourth-order valence-corrected chi connectivity index (χ4v) is 3.79. The van der Waals surface area contributed by atoms with Crippen LogP contribution >= 0.6 is 11.8 Å². The van der Waals surface area contributed by atoms with Crippen molar-refractivity contribution < 1.29 is 14.3 Å². The molecular formula is C17H23N3O3S. The lowest BCUT2D eigenvalue weighted by atomic mass is 10.1. The SMILES string of the molecule is CC(CNC(=O)c1ccc2c(c1)NC(=O)CCS2)N1CCOCC1. The van der Waals surface area contributed by atoms with Gasteiger partial charge in [-0.1, -0.05) is 0 Å². The second kappa shape index (κ2) is 8.00. The molecule has 1 aromatic carbocycles. The van der Waals surface area contributed by atoms with Gasteiger partial charge in [0.1, 0.15) is 0 Å². The number of carbonyl (C=O) groups excluding carboxylic acids is 2. The molecule has 130 valence electrons. The molecule has 7 heteroatoms. The number of rotatable bonds is 4. The zero-order valence-corrected chi connectivity index (χ0v) is 14.7. The van der Waals surface area contributed by atoms with Crippen molar-refractivity contribution in [1.82, 2.24) is 10.2 Å². The van der Waals surface area contributed by atoms with Gasteiger partial charge in [-0.2, -0.15) is 0 Å². The van der Waals surface area contributed by atoms with Crippen molar-refractivity contribution in [1.29, 1.82) is 0 Å². The summed E-state index contributed by atoms with van der Waals surface area (Å²) in [6.45, 7) is 6.01. The summed E-state index contributed by atoms with van der Waals surface area (Å²) in [5, 5.41) is 5.86. The highest BCUT2D eigenvalue weighted by Crippen LogP contribution is 2.31. The lowest BCUT2D eigenvalue weighted by Crippen LogP contribution is -2.47. The summed E-state index contributed by atoms with van der Waals surface area (Å²) in [5.74, 6) is 0.655. The number of thioether (sulfide) groups is 1. The Morgan fingerprint density at radius 3 is 3.00 bits per heavy atom. The Morgan fingerprint density at radius 2 is 2.21 bits per heavy atom. The molecule has 0 bridgehead atoms. The van der Waals surface area contributed by atoms with Gasteiger partial charge in [-0.05, 0) is 25.1 Å². The maximum atomic E-state index is 12.4. The summed E-state index contributed by atoms with van der Waals surface area (Å²) in [5.41, 5.74) is 1.31. The van der Waals surface area contributed by atoms with E-state index in [-0.39, 0.29) is 17.9 Å². The Balaban J connectivity index is 1.59. The molecule has 1 fully saturated rings. The molecule has 2 amide bonds. The van der Waals surface area contributed by atoms with Gasteiger partial charge in [0.2, 0.25) is 5.91 Å². The van der Waals surface area contributed by atoms with E-state index in [1.165, 1.54) is 0 Å². The van der Waals surface area contributed by atoms with Crippen molar-refractivity contribution in [2.24, 2.45) is 0 Å². The molecular weight excluding hydrogens is 326 g/mol. The van der Waals surface area contributed by atoms with Crippen molar-refractivity contribution in [3.8, 4) is 0 Å². The van der Waals surface area contributed by atoms with Gasteiger partial charge in [0.15, 0.2) is 0 Å². The molecule has 2 heterocycles. The first kappa shape index (κ1) is 17.3. The van der Waals surface area contributed by atoms with E-state index in [0.29, 0.717) is 18.5 Å². The minimum absolute atomic E-state index is 0.000234. The number of nitrogens with one attached hydrogen (secondary N) is 2. The number of nitrogens with zero attached hydrogens (tertiary/aromatic N) is 1. The maximum absolute atomic E-state index is 12.4. The normalized spacial score (nSPS) is 19.8. The molecule has 1 aromatic rings. The summed E-state index contributed by atoms with van der Waals surface area (Å²) in [6, 6.07) is 5.76. The quantitative estimate of drug-likeness (QED) is 0.863. The number of morpholine rings is 1. The van der Waals surface area contributed by atoms with Crippen molar-refractivity contribution in [2.45, 2.75) is 24.3 Å². The van der Waals surface area contributed by atoms with E-state index in [1.807, 2.05) is 12.1 Å². The Bertz CT molecular complexity index is 617. The number of benzene rings is 1. The number of carbonyl (C=O) groups is 2. The van der Waals surface area contributed by atoms with Gasteiger partial charge in [-0.25, -0.2) is 0 Å². The Hall–Kier alpha value is -1.57. The van der Waals surface area contributed by atoms with E-state index in [0.717, 1.165) is 42.6 Å². The van der Waals surface area contributed by atoms with E-state index in [4.69, 9.17) is 4.74 Å². The number of anilines is 1. The third-order valence-electron chi connectivity index (χ3n) is 4.33. The largest absolute Gasteiger partial charge is 0.379 e. The average Bonchev–Trinajstić information content (AvgIpc) is 2.79. The molecule has 0 spiro atoms. The first-order valence-electron chi connectivity index (χ1n) is 8.30. The Kier molecular flexibility index (Phi) is 5.76. The second-order valence-corrected chi connectivity index (χ2v) is 7.20. The van der Waals surface area contributed by atoms with Crippen molar-refractivity contribution >= 4 is 29.3 Å². The Labute approximate surface area is 146 Å². The number of amides is 2. The van der Waals surface area contributed by atoms with Crippen LogP contribution in [0.1, 0.15) is 23.7 Å². The van der Waals surface area contributed by atoms with Gasteiger partial charge >= 0.3 is 0 Å². The fourth-order valence-electron chi connectivity index (χ4n) is 2.85. The molecule has 24 heavy (non-hydrogen) atoms. The van der Waals surface area contributed by atoms with E-state index in [2.05, 4.69) is 22.5 Å². The first-order chi connectivity index (χ1) is 11.6. The molecule has 6 nitrogen and oxygen atoms in total. The maximum Gasteiger partial charge on any atom is 0.251 e. The van der Waals surface area contributed by atoms with E-state index >= 15 is 0 Å². The second-order valence-electron chi connectivity index (χ2n) is 6.06. The summed E-state index contributed by atoms with van der Waals surface area (Å²) >= 11 is 1.64. The highest BCUT2D eigenvalue weighted by molar-refractivity contribution is 7.99. The summed E-state index contributed by atoms with van der Waals surface area (Å²) < 4.78 is 5.35. The summed E-state index contributed by atoms with van der Waals surface area (Å²) in [4.78, 5) is 27.4. The smallest absolute Gasteiger partial charge is 0.251 e. The van der Waals surface area contributed by atoms with Crippen LogP contribution in [-0.4, -0.2) is 61.4 Å². The molecule has 1 atom stereocenters. The molecule has 0 aromatic heterocycles. The van der Waals surface area contributed by atoms with Crippen LogP contribution in [0.25, 0.3) is 0 Å². The molecule has 2 aliphatic rings. The van der Waals surface area contributed by atoms with Crippen LogP contribution in [0.4, 0.5) is 5.69 Å². The minimum Gasteiger partial charge on any atom is -0.379 e. The predicted octanol–water partition coefficient (Wildman–Crippen LogP) is 1.57. The monoisotopic (exact) mass is 349 g/mol. The van der Waals surface area contributed by atoms with Crippen LogP contribution in [0.5, 0.6) is 0 Å². The van der Waals surface area contributed by atoms with Crippen molar-refractivity contribution in [3.63, 3.8) is 0 Å². The highest BCUT2D eigenvalue weighted by Gasteiger charge is 2.19. The van der Waals surface area contributed by atoms with Crippen LogP contribution in [0, 0.1) is 0 Å². The average molecular weight is 349 g/mol. The zero-order valence-electron chi connectivity index (χ0n) is 13.8. The molecule has 1 saturated heterocycles. The van der Waals surface area contributed by atoms with Crippen LogP contribution in [0.2, 0.25) is 0 Å². The number of hydrogen-bond donors (Lipinski definition) is 2. The van der Waals surface area contributed by atoms with E-state index in [9.17, 15) is 9.59 Å². The van der Waals surface area contributed by atoms with Gasteiger partial charge in [-0.3, -0.25) is 14.5 Å². The predicted molar refractivity (Wildman–Crippen MR) is 94.6 cm³/mol. The van der Waals surface area contributed by atoms with Gasteiger partial charge in [0.05, 0.1) is 18.9 Å². The molecule has 2 N–H and O–H groups in total. The third kappa shape index (κ3) is 4.28. The van der Waals surface area contributed by atoms with Crippen LogP contribution in [0.3, 0.4) is 0 Å². The standard InChI is InChI=1S/C17H23N3O3S/c1-12(20-5-7-23-8-6-20)11-18-17(22)13-2-3-15-14(10-13)19-16(21)4-9-24-15/h2-3,10,12H,4-9,11H2,1H3,(H,18,22)(H,19,21). The van der Waals surface area contributed by atoms with Gasteiger partial charge in [0.25, 0.3) is 5.91 Å². The van der Waals surface area contributed by atoms with Crippen LogP contribution in [0.15, 0.2) is 23.1 Å². The summed E-state index contributed by atoms with van der Waals surface area (Å²) in [7, 11) is 0. The molecule has 0 aliphatic carbocycles. The van der Waals surface area contributed by atoms with E-state index in [1.54, 1.807) is 17.8 Å². The third-order valence-corrected chi connectivity index (χ3v) is 5.40. The van der Waals surface area contributed by atoms with Gasteiger partial charge < -0.3 is 15.4 Å². The number of ether oxygens (including phenoxy) is 1. The number of hydrogen-bond acceptors (Lipinski definition) is 5. The van der Waals surface area contributed by atoms with Crippen LogP contribution in [-0.2, 0) is 9.53 Å². The molecule has 1 unspecified atom stereocenters. The lowest BCUT2D eigenvalue weighted by Gasteiger charge is -2.32. The zero-order chi connectivity index (χ0) is 16.9. The topological polar surface area (TPSA) is 70.7 Å². The molecule has 3 rings (SSSR count). The van der Waals surface area contributed by atoms with E-state index < -0.39 is 0 Å². The molecule has 0 radical (unpaired) electrons. The first-order valence-corrected chi connectivity index (χ1v) is 9.29. The van der Waals surface area contributed by atoms with Gasteiger partial charge in [-0.15, -0.1) is 11.8 Å². The van der Waals surface area contributed by atoms with Gasteiger partial charge in [0, 0.05) is 48.3 Å². The highest BCUT2D eigenvalue weighted by atomic mass is 32.2.